The van der Waals surface area contributed by atoms with Crippen LogP contribution >= 0.6 is 11.3 Å². The van der Waals surface area contributed by atoms with Gasteiger partial charge in [0.25, 0.3) is 5.91 Å². The molecule has 3 aromatic rings. The predicted molar refractivity (Wildman–Crippen MR) is 94.9 cm³/mol. The minimum atomic E-state index is 0.101. The number of aromatic nitrogens is 4. The zero-order valence-electron chi connectivity index (χ0n) is 14.5. The maximum atomic E-state index is 13.2. The second kappa shape index (κ2) is 5.11. The van der Waals surface area contributed by atoms with Crippen LogP contribution in [0.4, 0.5) is 0 Å². The van der Waals surface area contributed by atoms with E-state index in [0.717, 1.165) is 51.7 Å². The SMILES string of the molecule is Cc1cc2ncc3c(n2n1)C[C@H]1CC[C@H]3N1C(=O)c1sc(C)nc1C. The molecule has 0 unspecified atom stereocenters. The molecule has 1 fully saturated rings. The van der Waals surface area contributed by atoms with Gasteiger partial charge in [-0.15, -0.1) is 11.3 Å². The molecule has 0 radical (unpaired) electrons. The van der Waals surface area contributed by atoms with Gasteiger partial charge in [0.05, 0.1) is 28.1 Å². The molecule has 5 rings (SSSR count). The number of hydrogen-bond acceptors (Lipinski definition) is 5. The Bertz CT molecular complexity index is 1020. The molecular weight excluding hydrogens is 334 g/mol. The third kappa shape index (κ3) is 2.08. The molecule has 0 N–H and O–H groups in total. The molecule has 0 spiro atoms. The van der Waals surface area contributed by atoms with Gasteiger partial charge in [-0.25, -0.2) is 14.5 Å². The Kier molecular flexibility index (Phi) is 3.07. The lowest BCUT2D eigenvalue weighted by Gasteiger charge is -2.36. The third-order valence-corrected chi connectivity index (χ3v) is 6.42. The molecule has 128 valence electrons. The quantitative estimate of drug-likeness (QED) is 0.675. The van der Waals surface area contributed by atoms with E-state index < -0.39 is 0 Å². The van der Waals surface area contributed by atoms with Crippen molar-refractivity contribution in [3.8, 4) is 0 Å². The van der Waals surface area contributed by atoms with Crippen LogP contribution in [0.2, 0.25) is 0 Å². The van der Waals surface area contributed by atoms with E-state index in [0.29, 0.717) is 0 Å². The highest BCUT2D eigenvalue weighted by Crippen LogP contribution is 2.44. The summed E-state index contributed by atoms with van der Waals surface area (Å²) in [6.07, 6.45) is 4.81. The lowest BCUT2D eigenvalue weighted by molar-refractivity contribution is 0.0647. The lowest BCUT2D eigenvalue weighted by Crippen LogP contribution is -2.42. The summed E-state index contributed by atoms with van der Waals surface area (Å²) >= 11 is 1.50. The fraction of sp³-hybridized carbons (Fsp3) is 0.444. The van der Waals surface area contributed by atoms with E-state index in [2.05, 4.69) is 20.0 Å². The summed E-state index contributed by atoms with van der Waals surface area (Å²) in [5.74, 6) is 0.123. The van der Waals surface area contributed by atoms with Gasteiger partial charge in [-0.3, -0.25) is 4.79 Å². The second-order valence-corrected chi connectivity index (χ2v) is 8.23. The fourth-order valence-electron chi connectivity index (χ4n) is 4.36. The standard InChI is InChI=1S/C18H19N5OS/c1-9-6-16-19-8-13-14-5-4-12(7-15(13)23(16)21-9)22(14)18(24)17-10(2)20-11(3)25-17/h6,8,12,14H,4-5,7H2,1-3H3/t12-,14-/m1/s1. The molecule has 3 aromatic heterocycles. The number of carbonyl (C=O) groups is 1. The molecule has 7 heteroatoms. The van der Waals surface area contributed by atoms with Crippen LogP contribution in [-0.2, 0) is 6.42 Å². The van der Waals surface area contributed by atoms with Crippen molar-refractivity contribution in [1.29, 1.82) is 0 Å². The maximum absolute atomic E-state index is 13.2. The number of nitrogens with zero attached hydrogens (tertiary/aromatic N) is 5. The van der Waals surface area contributed by atoms with Gasteiger partial charge >= 0.3 is 0 Å². The van der Waals surface area contributed by atoms with Gasteiger partial charge in [0.1, 0.15) is 4.88 Å². The third-order valence-electron chi connectivity index (χ3n) is 5.36. The normalized spacial score (nSPS) is 21.8. The summed E-state index contributed by atoms with van der Waals surface area (Å²) in [5.41, 5.74) is 5.07. The van der Waals surface area contributed by atoms with Crippen molar-refractivity contribution in [2.45, 2.75) is 52.1 Å². The monoisotopic (exact) mass is 353 g/mol. The minimum Gasteiger partial charge on any atom is -0.327 e. The van der Waals surface area contributed by atoms with Crippen molar-refractivity contribution in [2.24, 2.45) is 0 Å². The summed E-state index contributed by atoms with van der Waals surface area (Å²) in [6.45, 7) is 5.87. The number of aryl methyl sites for hydroxylation is 3. The number of fused-ring (bicyclic) bond motifs is 6. The van der Waals surface area contributed by atoms with Crippen LogP contribution < -0.4 is 0 Å². The molecule has 5 heterocycles. The molecule has 1 amide bonds. The van der Waals surface area contributed by atoms with E-state index in [1.165, 1.54) is 17.0 Å². The van der Waals surface area contributed by atoms with E-state index in [9.17, 15) is 4.79 Å². The minimum absolute atomic E-state index is 0.101. The Balaban J connectivity index is 1.60. The lowest BCUT2D eigenvalue weighted by atomic mass is 9.99. The summed E-state index contributed by atoms with van der Waals surface area (Å²) in [4.78, 5) is 25.1. The van der Waals surface area contributed by atoms with E-state index in [-0.39, 0.29) is 18.0 Å². The van der Waals surface area contributed by atoms with E-state index >= 15 is 0 Å². The Morgan fingerprint density at radius 2 is 2.12 bits per heavy atom. The second-order valence-electron chi connectivity index (χ2n) is 7.03. The van der Waals surface area contributed by atoms with Gasteiger partial charge in [-0.1, -0.05) is 0 Å². The van der Waals surface area contributed by atoms with Crippen molar-refractivity contribution in [1.82, 2.24) is 24.5 Å². The highest BCUT2D eigenvalue weighted by molar-refractivity contribution is 7.13. The highest BCUT2D eigenvalue weighted by atomic mass is 32.1. The zero-order valence-corrected chi connectivity index (χ0v) is 15.3. The van der Waals surface area contributed by atoms with Crippen molar-refractivity contribution < 1.29 is 4.79 Å². The molecule has 2 aliphatic rings. The van der Waals surface area contributed by atoms with Crippen LogP contribution in [0.15, 0.2) is 12.3 Å². The predicted octanol–water partition coefficient (Wildman–Crippen LogP) is 3.01. The molecule has 25 heavy (non-hydrogen) atoms. The van der Waals surface area contributed by atoms with E-state index in [4.69, 9.17) is 0 Å². The Hall–Kier alpha value is -2.28. The Morgan fingerprint density at radius 3 is 2.88 bits per heavy atom. The van der Waals surface area contributed by atoms with E-state index in [1.807, 2.05) is 37.5 Å². The number of thiazole rings is 1. The zero-order chi connectivity index (χ0) is 17.3. The topological polar surface area (TPSA) is 63.4 Å². The number of hydrogen-bond donors (Lipinski definition) is 0. The molecular formula is C18H19N5OS. The van der Waals surface area contributed by atoms with Crippen LogP contribution in [0.25, 0.3) is 5.65 Å². The van der Waals surface area contributed by atoms with Crippen molar-refractivity contribution in [3.05, 3.63) is 44.8 Å². The fourth-order valence-corrected chi connectivity index (χ4v) is 5.22. The van der Waals surface area contributed by atoms with Crippen LogP contribution in [0.5, 0.6) is 0 Å². The first-order chi connectivity index (χ1) is 12.0. The van der Waals surface area contributed by atoms with Gasteiger partial charge in [0, 0.05) is 30.3 Å². The molecule has 2 aliphatic heterocycles. The van der Waals surface area contributed by atoms with Gasteiger partial charge in [0.2, 0.25) is 0 Å². The number of rotatable bonds is 1. The van der Waals surface area contributed by atoms with Gasteiger partial charge < -0.3 is 4.90 Å². The summed E-state index contributed by atoms with van der Waals surface area (Å²) in [7, 11) is 0. The molecule has 2 atom stereocenters. The van der Waals surface area contributed by atoms with Crippen LogP contribution in [0, 0.1) is 20.8 Å². The molecule has 0 aliphatic carbocycles. The maximum Gasteiger partial charge on any atom is 0.266 e. The largest absolute Gasteiger partial charge is 0.327 e. The van der Waals surface area contributed by atoms with Crippen molar-refractivity contribution >= 4 is 22.9 Å². The smallest absolute Gasteiger partial charge is 0.266 e. The first kappa shape index (κ1) is 15.0. The number of amides is 1. The van der Waals surface area contributed by atoms with Crippen molar-refractivity contribution in [3.63, 3.8) is 0 Å². The average molecular weight is 353 g/mol. The van der Waals surface area contributed by atoms with Crippen LogP contribution in [-0.4, -0.2) is 36.4 Å². The molecule has 1 saturated heterocycles. The summed E-state index contributed by atoms with van der Waals surface area (Å²) < 4.78 is 1.97. The Labute approximate surface area is 149 Å². The van der Waals surface area contributed by atoms with Gasteiger partial charge in [-0.05, 0) is 33.6 Å². The number of carbonyl (C=O) groups excluding carboxylic acids is 1. The molecule has 0 aromatic carbocycles. The summed E-state index contributed by atoms with van der Waals surface area (Å²) in [5, 5.41) is 5.56. The molecule has 2 bridgehead atoms. The molecule has 6 nitrogen and oxygen atoms in total. The first-order valence-corrected chi connectivity index (χ1v) is 9.45. The molecule has 0 saturated carbocycles. The van der Waals surface area contributed by atoms with Gasteiger partial charge in [0.15, 0.2) is 5.65 Å². The summed E-state index contributed by atoms with van der Waals surface area (Å²) in [6, 6.07) is 2.34. The van der Waals surface area contributed by atoms with Crippen molar-refractivity contribution in [2.75, 3.05) is 0 Å². The van der Waals surface area contributed by atoms with Crippen LogP contribution in [0.3, 0.4) is 0 Å². The van der Waals surface area contributed by atoms with E-state index in [1.54, 1.807) is 0 Å². The van der Waals surface area contributed by atoms with Crippen LogP contribution in [0.1, 0.15) is 56.2 Å². The first-order valence-electron chi connectivity index (χ1n) is 8.64. The Morgan fingerprint density at radius 1 is 1.28 bits per heavy atom. The van der Waals surface area contributed by atoms with Gasteiger partial charge in [-0.2, -0.15) is 5.10 Å². The highest BCUT2D eigenvalue weighted by Gasteiger charge is 2.44. The average Bonchev–Trinajstić information content (AvgIpc) is 3.21.